The molecule has 2 aromatic heterocycles. The van der Waals surface area contributed by atoms with Crippen LogP contribution >= 0.6 is 39.0 Å². The number of thiophene rings is 1. The summed E-state index contributed by atoms with van der Waals surface area (Å²) in [6.07, 6.45) is 1.51. The molecule has 152 valence electrons. The van der Waals surface area contributed by atoms with E-state index in [4.69, 9.17) is 4.74 Å². The molecule has 0 saturated carbocycles. The molecule has 2 heterocycles. The van der Waals surface area contributed by atoms with E-state index in [1.54, 1.807) is 30.4 Å². The molecule has 0 radical (unpaired) electrons. The Balaban J connectivity index is 1.52. The van der Waals surface area contributed by atoms with E-state index in [2.05, 4.69) is 36.7 Å². The topological polar surface area (TPSA) is 93.2 Å². The van der Waals surface area contributed by atoms with Crippen molar-refractivity contribution < 1.29 is 14.3 Å². The Labute approximate surface area is 184 Å². The summed E-state index contributed by atoms with van der Waals surface area (Å²) in [6, 6.07) is 7.11. The van der Waals surface area contributed by atoms with Crippen molar-refractivity contribution in [1.29, 1.82) is 0 Å². The molecule has 0 spiro atoms. The van der Waals surface area contributed by atoms with Gasteiger partial charge in [-0.15, -0.1) is 11.3 Å². The van der Waals surface area contributed by atoms with Crippen LogP contribution in [0.4, 0.5) is 0 Å². The van der Waals surface area contributed by atoms with E-state index >= 15 is 0 Å². The Morgan fingerprint density at radius 1 is 1.21 bits per heavy atom. The number of nitrogens with one attached hydrogen (secondary N) is 2. The van der Waals surface area contributed by atoms with Crippen LogP contribution in [0.2, 0.25) is 0 Å². The molecule has 0 bridgehead atoms. The maximum absolute atomic E-state index is 12.4. The summed E-state index contributed by atoms with van der Waals surface area (Å²) in [7, 11) is 0. The molecule has 7 nitrogen and oxygen atoms in total. The van der Waals surface area contributed by atoms with Gasteiger partial charge < -0.3 is 4.74 Å². The molecule has 2 amide bonds. The van der Waals surface area contributed by atoms with Gasteiger partial charge in [-0.3, -0.25) is 20.4 Å². The molecule has 29 heavy (non-hydrogen) atoms. The number of ether oxygens (including phenoxy) is 1. The second-order valence-electron chi connectivity index (χ2n) is 6.18. The molecule has 1 atom stereocenters. The maximum atomic E-state index is 12.4. The zero-order valence-electron chi connectivity index (χ0n) is 16.0. The molecule has 1 aromatic carbocycles. The van der Waals surface area contributed by atoms with Crippen LogP contribution < -0.4 is 15.6 Å². The second kappa shape index (κ2) is 9.55. The van der Waals surface area contributed by atoms with E-state index < -0.39 is 11.2 Å². The first-order valence-corrected chi connectivity index (χ1v) is 11.2. The highest BCUT2D eigenvalue weighted by molar-refractivity contribution is 9.10. The predicted octanol–water partition coefficient (Wildman–Crippen LogP) is 3.78. The minimum absolute atomic E-state index is 0.205. The van der Waals surface area contributed by atoms with Gasteiger partial charge in [-0.25, -0.2) is 9.97 Å². The van der Waals surface area contributed by atoms with Gasteiger partial charge in [-0.1, -0.05) is 27.7 Å². The number of amides is 2. The normalized spacial score (nSPS) is 11.9. The number of thioether (sulfide) groups is 1. The molecule has 0 unspecified atom stereocenters. The van der Waals surface area contributed by atoms with E-state index in [1.807, 2.05) is 26.0 Å². The van der Waals surface area contributed by atoms with Gasteiger partial charge in [-0.2, -0.15) is 0 Å². The van der Waals surface area contributed by atoms with Gasteiger partial charge in [0.15, 0.2) is 6.61 Å². The SMILES string of the molecule is Cc1sc2ncnc(S[C@H](C)C(=O)NNC(=O)COc3ccc(Br)cc3)c2c1C. The minimum Gasteiger partial charge on any atom is -0.484 e. The van der Waals surface area contributed by atoms with Crippen molar-refractivity contribution in [3.8, 4) is 5.75 Å². The molecule has 10 heteroatoms. The Hall–Kier alpha value is -2.17. The van der Waals surface area contributed by atoms with Crippen LogP contribution in [0.25, 0.3) is 10.2 Å². The van der Waals surface area contributed by atoms with E-state index in [-0.39, 0.29) is 12.5 Å². The third-order valence-corrected chi connectivity index (χ3v) is 6.84. The van der Waals surface area contributed by atoms with Gasteiger partial charge in [-0.05, 0) is 50.6 Å². The van der Waals surface area contributed by atoms with Crippen molar-refractivity contribution in [3.63, 3.8) is 0 Å². The number of hydrogen-bond donors (Lipinski definition) is 2. The number of fused-ring (bicyclic) bond motifs is 1. The van der Waals surface area contributed by atoms with Crippen LogP contribution in [0.5, 0.6) is 5.75 Å². The fraction of sp³-hybridized carbons (Fsp3) is 0.263. The molecular weight excluding hydrogens is 476 g/mol. The van der Waals surface area contributed by atoms with Crippen LogP contribution in [-0.2, 0) is 9.59 Å². The van der Waals surface area contributed by atoms with Gasteiger partial charge >= 0.3 is 0 Å². The van der Waals surface area contributed by atoms with Crippen LogP contribution in [0.3, 0.4) is 0 Å². The summed E-state index contributed by atoms with van der Waals surface area (Å²) in [5, 5.41) is 1.27. The van der Waals surface area contributed by atoms with Crippen molar-refractivity contribution >= 4 is 61.1 Å². The minimum atomic E-state index is -0.458. The number of benzene rings is 1. The van der Waals surface area contributed by atoms with Crippen molar-refractivity contribution in [2.75, 3.05) is 6.61 Å². The Morgan fingerprint density at radius 3 is 2.66 bits per heavy atom. The number of aromatic nitrogens is 2. The van der Waals surface area contributed by atoms with E-state index in [9.17, 15) is 9.59 Å². The third-order valence-electron chi connectivity index (χ3n) is 4.10. The average molecular weight is 495 g/mol. The smallest absolute Gasteiger partial charge is 0.276 e. The van der Waals surface area contributed by atoms with Gasteiger partial charge in [0.1, 0.15) is 21.9 Å². The summed E-state index contributed by atoms with van der Waals surface area (Å²) in [6.45, 7) is 5.62. The van der Waals surface area contributed by atoms with Crippen LogP contribution in [0.1, 0.15) is 17.4 Å². The van der Waals surface area contributed by atoms with Crippen LogP contribution in [0, 0.1) is 13.8 Å². The lowest BCUT2D eigenvalue weighted by molar-refractivity contribution is -0.129. The number of aryl methyl sites for hydroxylation is 2. The highest BCUT2D eigenvalue weighted by atomic mass is 79.9. The van der Waals surface area contributed by atoms with Crippen molar-refractivity contribution in [2.24, 2.45) is 0 Å². The zero-order valence-corrected chi connectivity index (χ0v) is 19.2. The fourth-order valence-electron chi connectivity index (χ4n) is 2.41. The predicted molar refractivity (Wildman–Crippen MR) is 118 cm³/mol. The van der Waals surface area contributed by atoms with Gasteiger partial charge in [0.2, 0.25) is 0 Å². The molecule has 3 rings (SSSR count). The second-order valence-corrected chi connectivity index (χ2v) is 9.63. The Kier molecular flexibility index (Phi) is 7.09. The molecule has 0 saturated heterocycles. The van der Waals surface area contributed by atoms with Gasteiger partial charge in [0.25, 0.3) is 11.8 Å². The summed E-state index contributed by atoms with van der Waals surface area (Å²) in [5.41, 5.74) is 5.92. The first kappa shape index (κ1) is 21.5. The first-order valence-electron chi connectivity index (χ1n) is 8.69. The molecule has 2 N–H and O–H groups in total. The third kappa shape index (κ3) is 5.46. The summed E-state index contributed by atoms with van der Waals surface area (Å²) < 4.78 is 6.29. The van der Waals surface area contributed by atoms with Gasteiger partial charge in [0, 0.05) is 14.7 Å². The molecule has 0 aliphatic rings. The maximum Gasteiger partial charge on any atom is 0.276 e. The lowest BCUT2D eigenvalue weighted by atomic mass is 10.2. The lowest BCUT2D eigenvalue weighted by Crippen LogP contribution is -2.46. The van der Waals surface area contributed by atoms with Crippen molar-refractivity contribution in [2.45, 2.75) is 31.0 Å². The Morgan fingerprint density at radius 2 is 1.93 bits per heavy atom. The average Bonchev–Trinajstić information content (AvgIpc) is 3.00. The number of rotatable bonds is 6. The van der Waals surface area contributed by atoms with Crippen molar-refractivity contribution in [1.82, 2.24) is 20.8 Å². The molecule has 3 aromatic rings. The van der Waals surface area contributed by atoms with E-state index in [1.165, 1.54) is 23.0 Å². The monoisotopic (exact) mass is 494 g/mol. The Bertz CT molecular complexity index is 1040. The fourth-order valence-corrected chi connectivity index (χ4v) is 4.71. The number of carbonyl (C=O) groups is 2. The molecule has 0 fully saturated rings. The summed E-state index contributed by atoms with van der Waals surface area (Å²) in [5.74, 6) is -0.219. The summed E-state index contributed by atoms with van der Waals surface area (Å²) in [4.78, 5) is 35.0. The largest absolute Gasteiger partial charge is 0.484 e. The highest BCUT2D eigenvalue weighted by Crippen LogP contribution is 2.35. The number of halogens is 1. The quantitative estimate of drug-likeness (QED) is 0.307. The first-order chi connectivity index (χ1) is 13.8. The molecule has 0 aliphatic heterocycles. The molecular formula is C19H19BrN4O3S2. The molecule has 0 aliphatic carbocycles. The van der Waals surface area contributed by atoms with Crippen LogP contribution in [-0.4, -0.2) is 33.6 Å². The standard InChI is InChI=1S/C19H19BrN4O3S2/c1-10-11(2)28-18-16(10)19(22-9-21-18)29-12(3)17(26)24-23-15(25)8-27-14-6-4-13(20)5-7-14/h4-7,9,12H,8H2,1-3H3,(H,23,25)(H,24,26)/t12-/m1/s1. The lowest BCUT2D eigenvalue weighted by Gasteiger charge is -2.13. The van der Waals surface area contributed by atoms with E-state index in [0.717, 1.165) is 25.3 Å². The van der Waals surface area contributed by atoms with E-state index in [0.29, 0.717) is 5.75 Å². The summed E-state index contributed by atoms with van der Waals surface area (Å²) >= 11 is 6.27. The number of nitrogens with zero attached hydrogens (tertiary/aromatic N) is 2. The zero-order chi connectivity index (χ0) is 21.0. The van der Waals surface area contributed by atoms with Crippen LogP contribution in [0.15, 0.2) is 40.1 Å². The number of carbonyl (C=O) groups excluding carboxylic acids is 2. The number of hydrogen-bond acceptors (Lipinski definition) is 7. The van der Waals surface area contributed by atoms with Crippen molar-refractivity contribution in [3.05, 3.63) is 45.5 Å². The van der Waals surface area contributed by atoms with Gasteiger partial charge in [0.05, 0.1) is 5.25 Å². The number of hydrazine groups is 1. The highest BCUT2D eigenvalue weighted by Gasteiger charge is 2.19.